The van der Waals surface area contributed by atoms with Gasteiger partial charge in [0.25, 0.3) is 5.91 Å². The number of amides is 1. The van der Waals surface area contributed by atoms with Crippen LogP contribution < -0.4 is 14.8 Å². The third-order valence-corrected chi connectivity index (χ3v) is 4.92. The summed E-state index contributed by atoms with van der Waals surface area (Å²) in [6.07, 6.45) is 0. The summed E-state index contributed by atoms with van der Waals surface area (Å²) in [7, 11) is 0. The van der Waals surface area contributed by atoms with E-state index in [1.807, 2.05) is 19.1 Å². The number of fused-ring (bicyclic) bond motifs is 1. The number of aliphatic carboxylic acids is 1. The van der Waals surface area contributed by atoms with E-state index in [2.05, 4.69) is 30.2 Å². The summed E-state index contributed by atoms with van der Waals surface area (Å²) in [5.74, 6) is -0.653. The Morgan fingerprint density at radius 2 is 1.88 bits per heavy atom. The van der Waals surface area contributed by atoms with Gasteiger partial charge in [0.1, 0.15) is 18.0 Å². The maximum Gasteiger partial charge on any atom is 0.322 e. The van der Waals surface area contributed by atoms with E-state index in [1.54, 1.807) is 25.1 Å². The molecule has 0 aliphatic heterocycles. The number of hydrogen-bond donors (Lipinski definition) is 3. The number of hydrogen-bond acceptors (Lipinski definition) is 6. The third-order valence-electron chi connectivity index (χ3n) is 4.92. The van der Waals surface area contributed by atoms with E-state index in [-0.39, 0.29) is 23.9 Å². The van der Waals surface area contributed by atoms with Crippen molar-refractivity contribution in [2.24, 2.45) is 0 Å². The molecule has 0 radical (unpaired) electrons. The molecule has 8 nitrogen and oxygen atoms in total. The van der Waals surface area contributed by atoms with E-state index in [0.717, 1.165) is 16.9 Å². The molecule has 3 aromatic rings. The van der Waals surface area contributed by atoms with Gasteiger partial charge in [0.15, 0.2) is 11.4 Å². The summed E-state index contributed by atoms with van der Waals surface area (Å²) in [6, 6.07) is 11.1. The molecule has 0 saturated carbocycles. The van der Waals surface area contributed by atoms with Gasteiger partial charge in [-0.05, 0) is 55.2 Å². The molecule has 0 unspecified atom stereocenters. The van der Waals surface area contributed by atoms with Crippen LogP contribution in [0, 0.1) is 6.92 Å². The average Bonchev–Trinajstić information content (AvgIpc) is 2.75. The molecule has 2 aromatic carbocycles. The highest BCUT2D eigenvalue weighted by molar-refractivity contribution is 6.04. The lowest BCUT2D eigenvalue weighted by Gasteiger charge is -2.15. The molecule has 0 fully saturated rings. The van der Waals surface area contributed by atoms with Crippen molar-refractivity contribution in [3.05, 3.63) is 53.2 Å². The molecular formula is C24H26N2O6. The maximum absolute atomic E-state index is 12.3. The molecule has 0 atom stereocenters. The molecule has 168 valence electrons. The Hall–Kier alpha value is -3.81. The Morgan fingerprint density at radius 3 is 2.53 bits per heavy atom. The van der Waals surface area contributed by atoms with Crippen molar-refractivity contribution < 1.29 is 29.3 Å². The number of carbonyl (C=O) groups is 2. The number of pyridine rings is 1. The first kappa shape index (κ1) is 22.9. The van der Waals surface area contributed by atoms with Crippen molar-refractivity contribution in [2.75, 3.05) is 13.2 Å². The molecule has 32 heavy (non-hydrogen) atoms. The van der Waals surface area contributed by atoms with Crippen molar-refractivity contribution in [3.63, 3.8) is 0 Å². The van der Waals surface area contributed by atoms with Crippen LogP contribution in [-0.2, 0) is 4.79 Å². The molecule has 0 saturated heterocycles. The number of rotatable bonds is 8. The molecule has 0 spiro atoms. The standard InChI is InChI=1S/C24H26N2O6/c1-5-31-24-18-11-16(32-19-10-15(13(2)3)7-6-14(19)4)8-9-17(18)22(29)21(26-24)23(30)25-12-20(27)28/h6-11,13,29H,5,12H2,1-4H3,(H,25,30)(H,27,28). The fraction of sp³-hybridized carbons (Fsp3) is 0.292. The van der Waals surface area contributed by atoms with Crippen LogP contribution in [0.5, 0.6) is 23.1 Å². The summed E-state index contributed by atoms with van der Waals surface area (Å²) in [5, 5.41) is 22.4. The van der Waals surface area contributed by atoms with Crippen molar-refractivity contribution in [2.45, 2.75) is 33.6 Å². The number of ether oxygens (including phenoxy) is 2. The van der Waals surface area contributed by atoms with Crippen LogP contribution in [0.15, 0.2) is 36.4 Å². The Balaban J connectivity index is 2.03. The lowest BCUT2D eigenvalue weighted by molar-refractivity contribution is -0.135. The van der Waals surface area contributed by atoms with Crippen molar-refractivity contribution >= 4 is 22.6 Å². The predicted molar refractivity (Wildman–Crippen MR) is 120 cm³/mol. The zero-order chi connectivity index (χ0) is 23.4. The molecule has 0 bridgehead atoms. The second-order valence-corrected chi connectivity index (χ2v) is 7.61. The Kier molecular flexibility index (Phi) is 6.82. The van der Waals surface area contributed by atoms with Crippen LogP contribution >= 0.6 is 0 Å². The van der Waals surface area contributed by atoms with Crippen LogP contribution in [0.3, 0.4) is 0 Å². The molecule has 1 heterocycles. The van der Waals surface area contributed by atoms with Crippen LogP contribution in [0.1, 0.15) is 48.3 Å². The monoisotopic (exact) mass is 438 g/mol. The lowest BCUT2D eigenvalue weighted by atomic mass is 10.0. The van der Waals surface area contributed by atoms with E-state index in [1.165, 1.54) is 0 Å². The number of carboxylic acids is 1. The van der Waals surface area contributed by atoms with E-state index in [0.29, 0.717) is 22.4 Å². The number of benzene rings is 2. The Morgan fingerprint density at radius 1 is 1.12 bits per heavy atom. The van der Waals surface area contributed by atoms with Gasteiger partial charge in [0.05, 0.1) is 12.0 Å². The molecule has 1 amide bonds. The number of nitrogens with zero attached hydrogens (tertiary/aromatic N) is 1. The average molecular weight is 438 g/mol. The fourth-order valence-corrected chi connectivity index (χ4v) is 3.17. The van der Waals surface area contributed by atoms with Gasteiger partial charge < -0.3 is 25.0 Å². The summed E-state index contributed by atoms with van der Waals surface area (Å²) >= 11 is 0. The molecule has 1 aromatic heterocycles. The molecule has 3 rings (SSSR count). The van der Waals surface area contributed by atoms with Gasteiger partial charge in [-0.15, -0.1) is 0 Å². The second kappa shape index (κ2) is 9.55. The minimum atomic E-state index is -1.21. The third kappa shape index (κ3) is 4.91. The predicted octanol–water partition coefficient (Wildman–Crippen LogP) is 4.38. The van der Waals surface area contributed by atoms with Crippen molar-refractivity contribution in [1.82, 2.24) is 10.3 Å². The van der Waals surface area contributed by atoms with Gasteiger partial charge in [0.2, 0.25) is 5.88 Å². The maximum atomic E-state index is 12.3. The van der Waals surface area contributed by atoms with Gasteiger partial charge in [0, 0.05) is 5.39 Å². The number of aromatic nitrogens is 1. The molecule has 8 heteroatoms. The number of aromatic hydroxyl groups is 1. The molecule has 0 aliphatic rings. The van der Waals surface area contributed by atoms with Crippen molar-refractivity contribution in [3.8, 4) is 23.1 Å². The van der Waals surface area contributed by atoms with E-state index in [4.69, 9.17) is 14.6 Å². The van der Waals surface area contributed by atoms with Crippen LogP contribution in [0.25, 0.3) is 10.8 Å². The summed E-state index contributed by atoms with van der Waals surface area (Å²) in [4.78, 5) is 27.2. The summed E-state index contributed by atoms with van der Waals surface area (Å²) in [5.41, 5.74) is 1.82. The van der Waals surface area contributed by atoms with Gasteiger partial charge in [-0.1, -0.05) is 26.0 Å². The fourth-order valence-electron chi connectivity index (χ4n) is 3.17. The van der Waals surface area contributed by atoms with Gasteiger partial charge >= 0.3 is 5.97 Å². The normalized spacial score (nSPS) is 10.9. The second-order valence-electron chi connectivity index (χ2n) is 7.61. The SMILES string of the molecule is CCOc1nc(C(=O)NCC(=O)O)c(O)c2ccc(Oc3cc(C(C)C)ccc3C)cc12. The number of aryl methyl sites for hydroxylation is 1. The first-order chi connectivity index (χ1) is 15.2. The van der Waals surface area contributed by atoms with Crippen LogP contribution in [-0.4, -0.2) is 40.2 Å². The Labute approximate surface area is 185 Å². The lowest BCUT2D eigenvalue weighted by Crippen LogP contribution is -2.30. The van der Waals surface area contributed by atoms with Gasteiger partial charge in [-0.25, -0.2) is 4.98 Å². The smallest absolute Gasteiger partial charge is 0.322 e. The van der Waals surface area contributed by atoms with Crippen LogP contribution in [0.2, 0.25) is 0 Å². The van der Waals surface area contributed by atoms with Gasteiger partial charge in [-0.3, -0.25) is 9.59 Å². The first-order valence-electron chi connectivity index (χ1n) is 10.3. The first-order valence-corrected chi connectivity index (χ1v) is 10.3. The topological polar surface area (TPSA) is 118 Å². The van der Waals surface area contributed by atoms with Crippen LogP contribution in [0.4, 0.5) is 0 Å². The van der Waals surface area contributed by atoms with Gasteiger partial charge in [-0.2, -0.15) is 0 Å². The Bertz CT molecular complexity index is 1170. The molecular weight excluding hydrogens is 412 g/mol. The number of carbonyl (C=O) groups excluding carboxylic acids is 1. The van der Waals surface area contributed by atoms with Crippen molar-refractivity contribution in [1.29, 1.82) is 0 Å². The highest BCUT2D eigenvalue weighted by Crippen LogP contribution is 2.37. The van der Waals surface area contributed by atoms with E-state index >= 15 is 0 Å². The molecule has 0 aliphatic carbocycles. The highest BCUT2D eigenvalue weighted by atomic mass is 16.5. The number of nitrogens with one attached hydrogen (secondary N) is 1. The highest BCUT2D eigenvalue weighted by Gasteiger charge is 2.21. The largest absolute Gasteiger partial charge is 0.505 e. The minimum Gasteiger partial charge on any atom is -0.505 e. The quantitative estimate of drug-likeness (QED) is 0.478. The van der Waals surface area contributed by atoms with E-state index in [9.17, 15) is 14.7 Å². The summed E-state index contributed by atoms with van der Waals surface area (Å²) in [6.45, 7) is 7.63. The number of carboxylic acid groups (broad SMARTS) is 1. The van der Waals surface area contributed by atoms with E-state index < -0.39 is 18.4 Å². The minimum absolute atomic E-state index is 0.138. The summed E-state index contributed by atoms with van der Waals surface area (Å²) < 4.78 is 11.7. The zero-order valence-electron chi connectivity index (χ0n) is 18.4. The zero-order valence-corrected chi connectivity index (χ0v) is 18.4. The molecule has 3 N–H and O–H groups in total.